The van der Waals surface area contributed by atoms with Crippen molar-refractivity contribution in [3.63, 3.8) is 0 Å². The van der Waals surface area contributed by atoms with E-state index in [1.165, 1.54) is 24.3 Å². The van der Waals surface area contributed by atoms with E-state index in [4.69, 9.17) is 0 Å². The molecule has 0 saturated heterocycles. The summed E-state index contributed by atoms with van der Waals surface area (Å²) in [6.07, 6.45) is 3.60. The Morgan fingerprint density at radius 3 is 1.26 bits per heavy atom. The maximum atomic E-state index is 14.0. The van der Waals surface area contributed by atoms with Gasteiger partial charge in [0.25, 0.3) is 0 Å². The molecule has 38 heavy (non-hydrogen) atoms. The van der Waals surface area contributed by atoms with E-state index in [9.17, 15) is 8.78 Å². The number of nitrogens with zero attached hydrogens (tertiary/aromatic N) is 4. The van der Waals surface area contributed by atoms with Crippen LogP contribution in [0.1, 0.15) is 0 Å². The van der Waals surface area contributed by atoms with Crippen LogP contribution in [0, 0.1) is 11.6 Å². The Bertz CT molecular complexity index is 1650. The molecule has 182 valence electrons. The van der Waals surface area contributed by atoms with Crippen molar-refractivity contribution >= 4 is 0 Å². The first-order valence-electron chi connectivity index (χ1n) is 12.0. The predicted molar refractivity (Wildman–Crippen MR) is 145 cm³/mol. The van der Waals surface area contributed by atoms with Crippen LogP contribution in [0.2, 0.25) is 0 Å². The van der Waals surface area contributed by atoms with Gasteiger partial charge in [0, 0.05) is 29.1 Å². The molecule has 2 aromatic heterocycles. The molecule has 0 atom stereocenters. The lowest BCUT2D eigenvalue weighted by Crippen LogP contribution is -2.00. The predicted octanol–water partition coefficient (Wildman–Crippen LogP) is 7.88. The fourth-order valence-corrected chi connectivity index (χ4v) is 4.22. The van der Waals surface area contributed by atoms with Gasteiger partial charge in [-0.3, -0.25) is 4.98 Å². The Balaban J connectivity index is 1.37. The minimum absolute atomic E-state index is 0.309. The van der Waals surface area contributed by atoms with Crippen LogP contribution in [0.15, 0.2) is 122 Å². The Morgan fingerprint density at radius 1 is 0.395 bits per heavy atom. The van der Waals surface area contributed by atoms with E-state index in [0.29, 0.717) is 28.6 Å². The number of hydrogen-bond acceptors (Lipinski definition) is 4. The van der Waals surface area contributed by atoms with Gasteiger partial charge in [0.2, 0.25) is 0 Å². The highest BCUT2D eigenvalue weighted by Crippen LogP contribution is 2.29. The average Bonchev–Trinajstić information content (AvgIpc) is 2.98. The van der Waals surface area contributed by atoms with Gasteiger partial charge < -0.3 is 0 Å². The van der Waals surface area contributed by atoms with Crippen LogP contribution in [-0.4, -0.2) is 19.9 Å². The first-order chi connectivity index (χ1) is 18.6. The Kier molecular flexibility index (Phi) is 6.20. The molecule has 0 radical (unpaired) electrons. The van der Waals surface area contributed by atoms with E-state index < -0.39 is 11.6 Å². The second kappa shape index (κ2) is 10.1. The van der Waals surface area contributed by atoms with Crippen molar-refractivity contribution in [3.8, 4) is 56.4 Å². The molecule has 0 spiro atoms. The molecule has 0 unspecified atom stereocenters. The van der Waals surface area contributed by atoms with Gasteiger partial charge in [-0.1, -0.05) is 78.9 Å². The van der Waals surface area contributed by atoms with E-state index >= 15 is 0 Å². The highest BCUT2D eigenvalue weighted by atomic mass is 19.1. The van der Waals surface area contributed by atoms with Crippen LogP contribution in [0.3, 0.4) is 0 Å². The van der Waals surface area contributed by atoms with Gasteiger partial charge in [0.05, 0.1) is 0 Å². The van der Waals surface area contributed by atoms with Gasteiger partial charge in [-0.05, 0) is 52.6 Å². The molecule has 6 heteroatoms. The zero-order chi connectivity index (χ0) is 25.9. The molecule has 0 saturated carbocycles. The smallest absolute Gasteiger partial charge is 0.164 e. The van der Waals surface area contributed by atoms with Crippen molar-refractivity contribution in [1.29, 1.82) is 0 Å². The minimum atomic E-state index is -0.393. The normalized spacial score (nSPS) is 10.9. The van der Waals surface area contributed by atoms with E-state index in [0.717, 1.165) is 27.8 Å². The van der Waals surface area contributed by atoms with Crippen molar-refractivity contribution in [2.45, 2.75) is 0 Å². The first-order valence-corrected chi connectivity index (χ1v) is 12.0. The monoisotopic (exact) mass is 498 g/mol. The SMILES string of the molecule is Fc1cccc(-c2nc(-c3ccc(-c4ccc(-c5cccnc5)cc4)cc3)nc(-c3cccc(F)c3)n2)c1. The molecular formula is C32H20F2N4. The second-order valence-electron chi connectivity index (χ2n) is 8.72. The fourth-order valence-electron chi connectivity index (χ4n) is 4.22. The van der Waals surface area contributed by atoms with Crippen molar-refractivity contribution in [3.05, 3.63) is 133 Å². The maximum absolute atomic E-state index is 14.0. The third kappa shape index (κ3) is 4.92. The van der Waals surface area contributed by atoms with Crippen LogP contribution in [0.25, 0.3) is 56.4 Å². The Labute approximate surface area is 218 Å². The van der Waals surface area contributed by atoms with Gasteiger partial charge in [0.1, 0.15) is 11.6 Å². The van der Waals surface area contributed by atoms with Gasteiger partial charge in [-0.15, -0.1) is 0 Å². The number of rotatable bonds is 5. The molecule has 0 bridgehead atoms. The maximum Gasteiger partial charge on any atom is 0.164 e. The quantitative estimate of drug-likeness (QED) is 0.243. The van der Waals surface area contributed by atoms with E-state index in [2.05, 4.69) is 44.2 Å². The third-order valence-corrected chi connectivity index (χ3v) is 6.16. The second-order valence-corrected chi connectivity index (χ2v) is 8.72. The highest BCUT2D eigenvalue weighted by Gasteiger charge is 2.13. The van der Waals surface area contributed by atoms with Gasteiger partial charge in [-0.2, -0.15) is 0 Å². The molecular weight excluding hydrogens is 478 g/mol. The van der Waals surface area contributed by atoms with Crippen LogP contribution < -0.4 is 0 Å². The van der Waals surface area contributed by atoms with Crippen LogP contribution in [0.5, 0.6) is 0 Å². The summed E-state index contributed by atoms with van der Waals surface area (Å²) in [5.74, 6) is 0.246. The molecule has 0 amide bonds. The number of benzene rings is 4. The van der Waals surface area contributed by atoms with Crippen LogP contribution in [0.4, 0.5) is 8.78 Å². The lowest BCUT2D eigenvalue weighted by atomic mass is 10.0. The molecule has 0 N–H and O–H groups in total. The molecule has 6 aromatic rings. The topological polar surface area (TPSA) is 51.6 Å². The van der Waals surface area contributed by atoms with E-state index in [-0.39, 0.29) is 0 Å². The van der Waals surface area contributed by atoms with Crippen molar-refractivity contribution < 1.29 is 8.78 Å². The summed E-state index contributed by atoms with van der Waals surface area (Å²) in [7, 11) is 0. The number of hydrogen-bond donors (Lipinski definition) is 0. The highest BCUT2D eigenvalue weighted by molar-refractivity contribution is 5.73. The van der Waals surface area contributed by atoms with Crippen LogP contribution in [-0.2, 0) is 0 Å². The molecule has 2 heterocycles. The average molecular weight is 499 g/mol. The first kappa shape index (κ1) is 23.3. The Morgan fingerprint density at radius 2 is 0.816 bits per heavy atom. The minimum Gasteiger partial charge on any atom is -0.264 e. The van der Waals surface area contributed by atoms with Crippen molar-refractivity contribution in [2.24, 2.45) is 0 Å². The molecule has 4 aromatic carbocycles. The largest absolute Gasteiger partial charge is 0.264 e. The number of aromatic nitrogens is 4. The molecule has 0 fully saturated rings. The summed E-state index contributed by atoms with van der Waals surface area (Å²) in [6, 6.07) is 32.2. The van der Waals surface area contributed by atoms with Crippen LogP contribution >= 0.6 is 0 Å². The van der Waals surface area contributed by atoms with Gasteiger partial charge in [-0.25, -0.2) is 23.7 Å². The van der Waals surface area contributed by atoms with Gasteiger partial charge >= 0.3 is 0 Å². The van der Waals surface area contributed by atoms with Gasteiger partial charge in [0.15, 0.2) is 17.5 Å². The summed E-state index contributed by atoms with van der Waals surface area (Å²) in [5, 5.41) is 0. The van der Waals surface area contributed by atoms with E-state index in [1.807, 2.05) is 42.6 Å². The molecule has 0 aliphatic rings. The third-order valence-electron chi connectivity index (χ3n) is 6.16. The summed E-state index contributed by atoms with van der Waals surface area (Å²) in [5.41, 5.74) is 6.05. The number of pyridine rings is 1. The lowest BCUT2D eigenvalue weighted by molar-refractivity contribution is 0.628. The summed E-state index contributed by atoms with van der Waals surface area (Å²) < 4.78 is 27.9. The molecule has 0 aliphatic carbocycles. The Hall–Kier alpha value is -5.10. The standard InChI is InChI=1S/C32H20F2N4/c33-28-7-1-4-25(18-28)31-36-30(37-32(38-31)26-5-2-8-29(34)19-26)24-15-13-22(14-16-24)21-9-11-23(12-10-21)27-6-3-17-35-20-27/h1-20H. The molecule has 0 aliphatic heterocycles. The molecule has 6 rings (SSSR count). The zero-order valence-electron chi connectivity index (χ0n) is 20.1. The zero-order valence-corrected chi connectivity index (χ0v) is 20.1. The van der Waals surface area contributed by atoms with Crippen molar-refractivity contribution in [2.75, 3.05) is 0 Å². The number of halogens is 2. The summed E-state index contributed by atoms with van der Waals surface area (Å²) in [6.45, 7) is 0. The summed E-state index contributed by atoms with van der Waals surface area (Å²) in [4.78, 5) is 18.0. The van der Waals surface area contributed by atoms with E-state index in [1.54, 1.807) is 30.5 Å². The lowest BCUT2D eigenvalue weighted by Gasteiger charge is -2.09. The van der Waals surface area contributed by atoms with Crippen molar-refractivity contribution in [1.82, 2.24) is 19.9 Å². The fraction of sp³-hybridized carbons (Fsp3) is 0. The summed E-state index contributed by atoms with van der Waals surface area (Å²) >= 11 is 0. The molecule has 4 nitrogen and oxygen atoms in total.